The average molecular weight is 210 g/mol. The van der Waals surface area contributed by atoms with Crippen LogP contribution in [0.2, 0.25) is 0 Å². The lowest BCUT2D eigenvalue weighted by molar-refractivity contribution is -0.145. The second-order valence-corrected chi connectivity index (χ2v) is 2.72. The van der Waals surface area contributed by atoms with Gasteiger partial charge in [0, 0.05) is 0 Å². The van der Waals surface area contributed by atoms with Gasteiger partial charge < -0.3 is 14.6 Å². The number of esters is 1. The van der Waals surface area contributed by atoms with E-state index in [-0.39, 0.29) is 0 Å². The Morgan fingerprint density at radius 1 is 1.20 bits per heavy atom. The number of rotatable bonds is 4. The number of carbonyl (C=O) groups excluding carboxylic acids is 1. The van der Waals surface area contributed by atoms with Crippen LogP contribution in [0.5, 0.6) is 11.5 Å². The molecule has 0 aliphatic heterocycles. The van der Waals surface area contributed by atoms with Crippen molar-refractivity contribution in [1.82, 2.24) is 0 Å². The third-order valence-electron chi connectivity index (χ3n) is 1.59. The van der Waals surface area contributed by atoms with Gasteiger partial charge in [0.2, 0.25) is 0 Å². The summed E-state index contributed by atoms with van der Waals surface area (Å²) in [5.41, 5.74) is 0. The van der Waals surface area contributed by atoms with Crippen molar-refractivity contribution < 1.29 is 24.2 Å². The van der Waals surface area contributed by atoms with Gasteiger partial charge >= 0.3 is 11.9 Å². The van der Waals surface area contributed by atoms with E-state index >= 15 is 0 Å². The molecule has 0 spiro atoms. The summed E-state index contributed by atoms with van der Waals surface area (Å²) in [5, 5.41) is 8.32. The molecule has 5 nitrogen and oxygen atoms in total. The molecule has 1 N–H and O–H groups in total. The molecule has 0 aromatic heterocycles. The van der Waals surface area contributed by atoms with Crippen LogP contribution in [0.25, 0.3) is 0 Å². The predicted octanol–water partition coefficient (Wildman–Crippen LogP) is 1.08. The van der Waals surface area contributed by atoms with E-state index in [1.807, 2.05) is 0 Å². The quantitative estimate of drug-likeness (QED) is 0.457. The topological polar surface area (TPSA) is 72.8 Å². The number of benzene rings is 1. The van der Waals surface area contributed by atoms with Gasteiger partial charge in [-0.15, -0.1) is 0 Å². The maximum atomic E-state index is 10.9. The van der Waals surface area contributed by atoms with E-state index < -0.39 is 18.4 Å². The molecule has 15 heavy (non-hydrogen) atoms. The SMILES string of the molecule is COc1ccc(OC(=O)CC(=O)O)cc1. The molecule has 0 saturated heterocycles. The Morgan fingerprint density at radius 3 is 2.20 bits per heavy atom. The van der Waals surface area contributed by atoms with Crippen LogP contribution in [0.4, 0.5) is 0 Å². The third kappa shape index (κ3) is 3.68. The van der Waals surface area contributed by atoms with Gasteiger partial charge in [0.05, 0.1) is 7.11 Å². The van der Waals surface area contributed by atoms with Crippen molar-refractivity contribution in [2.24, 2.45) is 0 Å². The molecule has 0 saturated carbocycles. The van der Waals surface area contributed by atoms with Gasteiger partial charge in [-0.3, -0.25) is 9.59 Å². The minimum atomic E-state index is -1.21. The molecule has 0 radical (unpaired) electrons. The first-order chi connectivity index (χ1) is 7.11. The highest BCUT2D eigenvalue weighted by molar-refractivity contribution is 5.91. The van der Waals surface area contributed by atoms with Gasteiger partial charge in [0.1, 0.15) is 17.9 Å². The molecule has 0 bridgehead atoms. The van der Waals surface area contributed by atoms with Gasteiger partial charge in [-0.05, 0) is 24.3 Å². The van der Waals surface area contributed by atoms with Gasteiger partial charge in [0.25, 0.3) is 0 Å². The Balaban J connectivity index is 2.57. The molecule has 0 fully saturated rings. The fraction of sp³-hybridized carbons (Fsp3) is 0.200. The molecule has 1 aromatic rings. The number of hydrogen-bond donors (Lipinski definition) is 1. The summed E-state index contributed by atoms with van der Waals surface area (Å²) in [4.78, 5) is 21.1. The van der Waals surface area contributed by atoms with Gasteiger partial charge in [-0.25, -0.2) is 0 Å². The number of aliphatic carboxylic acids is 1. The van der Waals surface area contributed by atoms with Crippen molar-refractivity contribution >= 4 is 11.9 Å². The molecule has 0 heterocycles. The molecule has 0 aliphatic rings. The molecule has 80 valence electrons. The monoisotopic (exact) mass is 210 g/mol. The first-order valence-corrected chi connectivity index (χ1v) is 4.18. The Hall–Kier alpha value is -2.04. The number of ether oxygens (including phenoxy) is 2. The van der Waals surface area contributed by atoms with Crippen LogP contribution in [0.3, 0.4) is 0 Å². The summed E-state index contributed by atoms with van der Waals surface area (Å²) in [6.45, 7) is 0. The summed E-state index contributed by atoms with van der Waals surface area (Å²) in [6, 6.07) is 6.28. The zero-order valence-corrected chi connectivity index (χ0v) is 8.10. The molecule has 0 amide bonds. The lowest BCUT2D eigenvalue weighted by atomic mass is 10.3. The van der Waals surface area contributed by atoms with Crippen LogP contribution in [-0.2, 0) is 9.59 Å². The van der Waals surface area contributed by atoms with E-state index in [2.05, 4.69) is 0 Å². The summed E-state index contributed by atoms with van der Waals surface area (Å²) < 4.78 is 9.65. The fourth-order valence-electron chi connectivity index (χ4n) is 0.935. The summed E-state index contributed by atoms with van der Waals surface area (Å²) in [7, 11) is 1.52. The number of carbonyl (C=O) groups is 2. The lowest BCUT2D eigenvalue weighted by Gasteiger charge is -2.03. The summed E-state index contributed by atoms with van der Waals surface area (Å²) >= 11 is 0. The molecule has 1 rings (SSSR count). The summed E-state index contributed by atoms with van der Waals surface area (Å²) in [5.74, 6) is -1.09. The molecule has 5 heteroatoms. The average Bonchev–Trinajstić information content (AvgIpc) is 2.17. The van der Waals surface area contributed by atoms with E-state index in [1.54, 1.807) is 12.1 Å². The smallest absolute Gasteiger partial charge is 0.322 e. The molecule has 0 atom stereocenters. The first kappa shape index (κ1) is 11.0. The molecule has 0 aliphatic carbocycles. The van der Waals surface area contributed by atoms with Gasteiger partial charge in [0.15, 0.2) is 0 Å². The van der Waals surface area contributed by atoms with Crippen LogP contribution in [-0.4, -0.2) is 24.2 Å². The van der Waals surface area contributed by atoms with E-state index in [4.69, 9.17) is 14.6 Å². The second-order valence-electron chi connectivity index (χ2n) is 2.72. The standard InChI is InChI=1S/C10H10O5/c1-14-7-2-4-8(5-3-7)15-10(13)6-9(11)12/h2-5H,6H2,1H3,(H,11,12). The minimum absolute atomic E-state index is 0.294. The Kier molecular flexibility index (Phi) is 3.68. The highest BCUT2D eigenvalue weighted by Crippen LogP contribution is 2.17. The molecular formula is C10H10O5. The highest BCUT2D eigenvalue weighted by Gasteiger charge is 2.09. The van der Waals surface area contributed by atoms with E-state index in [1.165, 1.54) is 19.2 Å². The van der Waals surface area contributed by atoms with Crippen LogP contribution in [0.15, 0.2) is 24.3 Å². The molecular weight excluding hydrogens is 200 g/mol. The number of carboxylic acid groups (broad SMARTS) is 1. The fourth-order valence-corrected chi connectivity index (χ4v) is 0.935. The summed E-state index contributed by atoms with van der Waals surface area (Å²) in [6.07, 6.45) is -0.647. The number of methoxy groups -OCH3 is 1. The Morgan fingerprint density at radius 2 is 1.73 bits per heavy atom. The van der Waals surface area contributed by atoms with Crippen LogP contribution < -0.4 is 9.47 Å². The van der Waals surface area contributed by atoms with E-state index in [0.717, 1.165) is 0 Å². The number of carboxylic acids is 1. The second kappa shape index (κ2) is 4.99. The van der Waals surface area contributed by atoms with Crippen LogP contribution >= 0.6 is 0 Å². The van der Waals surface area contributed by atoms with Gasteiger partial charge in [-0.2, -0.15) is 0 Å². The highest BCUT2D eigenvalue weighted by atomic mass is 16.5. The van der Waals surface area contributed by atoms with Crippen LogP contribution in [0.1, 0.15) is 6.42 Å². The Labute approximate surface area is 86.2 Å². The first-order valence-electron chi connectivity index (χ1n) is 4.18. The maximum Gasteiger partial charge on any atom is 0.322 e. The van der Waals surface area contributed by atoms with Crippen molar-refractivity contribution in [3.63, 3.8) is 0 Å². The third-order valence-corrected chi connectivity index (χ3v) is 1.59. The lowest BCUT2D eigenvalue weighted by Crippen LogP contribution is -2.13. The van der Waals surface area contributed by atoms with E-state index in [0.29, 0.717) is 11.5 Å². The zero-order valence-electron chi connectivity index (χ0n) is 8.10. The van der Waals surface area contributed by atoms with Crippen molar-refractivity contribution in [1.29, 1.82) is 0 Å². The predicted molar refractivity (Wildman–Crippen MR) is 50.9 cm³/mol. The van der Waals surface area contributed by atoms with Crippen molar-refractivity contribution in [2.75, 3.05) is 7.11 Å². The normalized spacial score (nSPS) is 9.40. The van der Waals surface area contributed by atoms with Crippen LogP contribution in [0, 0.1) is 0 Å². The van der Waals surface area contributed by atoms with Crippen molar-refractivity contribution in [3.8, 4) is 11.5 Å². The number of hydrogen-bond acceptors (Lipinski definition) is 4. The molecule has 0 unspecified atom stereocenters. The maximum absolute atomic E-state index is 10.9. The molecule has 1 aromatic carbocycles. The zero-order chi connectivity index (χ0) is 11.3. The largest absolute Gasteiger partial charge is 0.497 e. The minimum Gasteiger partial charge on any atom is -0.497 e. The Bertz CT molecular complexity index is 355. The van der Waals surface area contributed by atoms with Gasteiger partial charge in [-0.1, -0.05) is 0 Å². The van der Waals surface area contributed by atoms with Crippen molar-refractivity contribution in [3.05, 3.63) is 24.3 Å². The van der Waals surface area contributed by atoms with Crippen molar-refractivity contribution in [2.45, 2.75) is 6.42 Å². The van der Waals surface area contributed by atoms with E-state index in [9.17, 15) is 9.59 Å².